The van der Waals surface area contributed by atoms with E-state index in [1.165, 1.54) is 11.3 Å². The molecule has 6 heteroatoms. The number of ether oxygens (including phenoxy) is 1. The SMILES string of the molecule is O=C(c1csc(Cl)n1)N1CCOC1. The molecule has 0 aromatic carbocycles. The van der Waals surface area contributed by atoms with Crippen LogP contribution < -0.4 is 0 Å². The normalized spacial score (nSPS) is 16.5. The van der Waals surface area contributed by atoms with Gasteiger partial charge >= 0.3 is 0 Å². The molecule has 2 heterocycles. The minimum Gasteiger partial charge on any atom is -0.359 e. The van der Waals surface area contributed by atoms with Gasteiger partial charge in [0, 0.05) is 11.9 Å². The summed E-state index contributed by atoms with van der Waals surface area (Å²) in [7, 11) is 0. The number of nitrogens with zero attached hydrogens (tertiary/aromatic N) is 2. The summed E-state index contributed by atoms with van der Waals surface area (Å²) in [5.41, 5.74) is 0.403. The average molecular weight is 219 g/mol. The second-order valence-electron chi connectivity index (χ2n) is 2.59. The molecule has 0 aliphatic carbocycles. The first-order valence-electron chi connectivity index (χ1n) is 3.75. The number of hydrogen-bond donors (Lipinski definition) is 0. The standard InChI is InChI=1S/C7H7ClN2O2S/c8-7-9-5(3-13-7)6(11)10-1-2-12-4-10/h3H,1-2,4H2. The molecule has 4 nitrogen and oxygen atoms in total. The van der Waals surface area contributed by atoms with Crippen LogP contribution in [0.1, 0.15) is 10.5 Å². The van der Waals surface area contributed by atoms with E-state index in [0.29, 0.717) is 30.0 Å². The summed E-state index contributed by atoms with van der Waals surface area (Å²) in [6.07, 6.45) is 0. The molecular weight excluding hydrogens is 212 g/mol. The molecule has 1 aromatic rings. The molecule has 0 unspecified atom stereocenters. The van der Waals surface area contributed by atoms with E-state index in [0.717, 1.165) is 0 Å². The molecule has 70 valence electrons. The lowest BCUT2D eigenvalue weighted by Gasteiger charge is -2.10. The predicted molar refractivity (Wildman–Crippen MR) is 49.0 cm³/mol. The van der Waals surface area contributed by atoms with Crippen molar-refractivity contribution in [3.63, 3.8) is 0 Å². The largest absolute Gasteiger partial charge is 0.359 e. The maximum Gasteiger partial charge on any atom is 0.275 e. The minimum absolute atomic E-state index is 0.111. The second kappa shape index (κ2) is 3.61. The van der Waals surface area contributed by atoms with Crippen LogP contribution in [0, 0.1) is 0 Å². The molecule has 0 bridgehead atoms. The highest BCUT2D eigenvalue weighted by Crippen LogP contribution is 2.17. The van der Waals surface area contributed by atoms with Crippen LogP contribution in [0.25, 0.3) is 0 Å². The molecule has 0 radical (unpaired) electrons. The summed E-state index contributed by atoms with van der Waals surface area (Å²) < 4.78 is 5.45. The van der Waals surface area contributed by atoms with Crippen molar-refractivity contribution in [2.24, 2.45) is 0 Å². The summed E-state index contributed by atoms with van der Waals surface area (Å²) in [5, 5.41) is 1.66. The van der Waals surface area contributed by atoms with Crippen molar-refractivity contribution in [2.75, 3.05) is 19.9 Å². The van der Waals surface area contributed by atoms with Gasteiger partial charge in [0.05, 0.1) is 6.61 Å². The van der Waals surface area contributed by atoms with Crippen LogP contribution >= 0.6 is 22.9 Å². The first kappa shape index (κ1) is 8.93. The summed E-state index contributed by atoms with van der Waals surface area (Å²) in [5.74, 6) is -0.111. The maximum atomic E-state index is 11.6. The maximum absolute atomic E-state index is 11.6. The topological polar surface area (TPSA) is 42.4 Å². The zero-order valence-electron chi connectivity index (χ0n) is 6.70. The monoisotopic (exact) mass is 218 g/mol. The zero-order chi connectivity index (χ0) is 9.26. The third-order valence-electron chi connectivity index (χ3n) is 1.74. The summed E-state index contributed by atoms with van der Waals surface area (Å²) in [6, 6.07) is 0. The van der Waals surface area contributed by atoms with Gasteiger partial charge in [0.15, 0.2) is 4.47 Å². The van der Waals surface area contributed by atoms with Crippen LogP contribution in [0.15, 0.2) is 5.38 Å². The lowest BCUT2D eigenvalue weighted by atomic mass is 10.4. The number of halogens is 1. The van der Waals surface area contributed by atoms with Crippen molar-refractivity contribution in [1.82, 2.24) is 9.88 Å². The number of amides is 1. The van der Waals surface area contributed by atoms with Gasteiger partial charge in [0.25, 0.3) is 5.91 Å². The number of hydrogen-bond acceptors (Lipinski definition) is 4. The van der Waals surface area contributed by atoms with Crippen molar-refractivity contribution in [3.8, 4) is 0 Å². The van der Waals surface area contributed by atoms with Gasteiger partial charge in [-0.3, -0.25) is 4.79 Å². The summed E-state index contributed by atoms with van der Waals surface area (Å²) in [4.78, 5) is 17.1. The van der Waals surface area contributed by atoms with E-state index >= 15 is 0 Å². The van der Waals surface area contributed by atoms with Gasteiger partial charge in [0.2, 0.25) is 0 Å². The fraction of sp³-hybridized carbons (Fsp3) is 0.429. The fourth-order valence-electron chi connectivity index (χ4n) is 1.09. The first-order chi connectivity index (χ1) is 6.27. The molecule has 0 saturated carbocycles. The van der Waals surface area contributed by atoms with Crippen molar-refractivity contribution < 1.29 is 9.53 Å². The summed E-state index contributed by atoms with van der Waals surface area (Å²) >= 11 is 6.87. The Balaban J connectivity index is 2.12. The van der Waals surface area contributed by atoms with E-state index < -0.39 is 0 Å². The van der Waals surface area contributed by atoms with Crippen LogP contribution in [-0.2, 0) is 4.74 Å². The van der Waals surface area contributed by atoms with Crippen LogP contribution in [0.5, 0.6) is 0 Å². The van der Waals surface area contributed by atoms with Crippen LogP contribution in [0.2, 0.25) is 4.47 Å². The molecule has 0 atom stereocenters. The molecule has 1 fully saturated rings. The Bertz CT molecular complexity index is 322. The van der Waals surface area contributed by atoms with Gasteiger partial charge < -0.3 is 9.64 Å². The van der Waals surface area contributed by atoms with E-state index in [9.17, 15) is 4.79 Å². The van der Waals surface area contributed by atoms with Crippen molar-refractivity contribution in [3.05, 3.63) is 15.5 Å². The smallest absolute Gasteiger partial charge is 0.275 e. The number of rotatable bonds is 1. The molecule has 1 aliphatic rings. The Hall–Kier alpha value is -0.650. The Labute approximate surface area is 84.1 Å². The van der Waals surface area contributed by atoms with Gasteiger partial charge in [0.1, 0.15) is 12.4 Å². The number of carbonyl (C=O) groups excluding carboxylic acids is 1. The Morgan fingerprint density at radius 1 is 1.77 bits per heavy atom. The van der Waals surface area contributed by atoms with Gasteiger partial charge in [-0.25, -0.2) is 4.98 Å². The fourth-order valence-corrected chi connectivity index (χ4v) is 1.82. The quantitative estimate of drug-likeness (QED) is 0.712. The molecule has 0 N–H and O–H groups in total. The molecule has 2 rings (SSSR count). The third-order valence-corrected chi connectivity index (χ3v) is 2.71. The molecule has 1 amide bonds. The Morgan fingerprint density at radius 3 is 3.15 bits per heavy atom. The first-order valence-corrected chi connectivity index (χ1v) is 5.01. The van der Waals surface area contributed by atoms with E-state index in [4.69, 9.17) is 16.3 Å². The lowest BCUT2D eigenvalue weighted by molar-refractivity contribution is 0.0690. The van der Waals surface area contributed by atoms with E-state index in [2.05, 4.69) is 4.98 Å². The van der Waals surface area contributed by atoms with E-state index in [-0.39, 0.29) is 5.91 Å². The van der Waals surface area contributed by atoms with Crippen molar-refractivity contribution in [1.29, 1.82) is 0 Å². The Kier molecular flexibility index (Phi) is 2.48. The predicted octanol–water partition coefficient (Wildman–Crippen LogP) is 1.23. The van der Waals surface area contributed by atoms with E-state index in [1.807, 2.05) is 0 Å². The van der Waals surface area contributed by atoms with Gasteiger partial charge in [-0.15, -0.1) is 11.3 Å². The molecule has 13 heavy (non-hydrogen) atoms. The highest BCUT2D eigenvalue weighted by molar-refractivity contribution is 7.14. The van der Waals surface area contributed by atoms with Crippen LogP contribution in [-0.4, -0.2) is 35.7 Å². The number of carbonyl (C=O) groups is 1. The molecule has 0 spiro atoms. The minimum atomic E-state index is -0.111. The van der Waals surface area contributed by atoms with Crippen molar-refractivity contribution in [2.45, 2.75) is 0 Å². The van der Waals surface area contributed by atoms with Gasteiger partial charge in [-0.1, -0.05) is 11.6 Å². The average Bonchev–Trinajstić information content (AvgIpc) is 2.72. The van der Waals surface area contributed by atoms with E-state index in [1.54, 1.807) is 10.3 Å². The van der Waals surface area contributed by atoms with Crippen LogP contribution in [0.4, 0.5) is 0 Å². The van der Waals surface area contributed by atoms with Gasteiger partial charge in [-0.2, -0.15) is 0 Å². The number of aromatic nitrogens is 1. The lowest BCUT2D eigenvalue weighted by Crippen LogP contribution is -2.28. The molecule has 1 aliphatic heterocycles. The van der Waals surface area contributed by atoms with Gasteiger partial charge in [-0.05, 0) is 0 Å². The summed E-state index contributed by atoms with van der Waals surface area (Å²) in [6.45, 7) is 1.59. The van der Waals surface area contributed by atoms with Crippen molar-refractivity contribution >= 4 is 28.8 Å². The highest BCUT2D eigenvalue weighted by Gasteiger charge is 2.21. The zero-order valence-corrected chi connectivity index (χ0v) is 8.27. The Morgan fingerprint density at radius 2 is 2.62 bits per heavy atom. The second-order valence-corrected chi connectivity index (χ2v) is 4.03. The highest BCUT2D eigenvalue weighted by atomic mass is 35.5. The molecule has 1 saturated heterocycles. The molecule has 1 aromatic heterocycles. The number of thiazole rings is 1. The third kappa shape index (κ3) is 1.82. The molecular formula is C7H7ClN2O2S. The van der Waals surface area contributed by atoms with Crippen LogP contribution in [0.3, 0.4) is 0 Å².